The third-order valence-electron chi connectivity index (χ3n) is 4.46. The molecule has 2 atom stereocenters. The normalized spacial score (nSPS) is 29.7. The average Bonchev–Trinajstić information content (AvgIpc) is 2.88. The first kappa shape index (κ1) is 13.0. The van der Waals surface area contributed by atoms with Crippen molar-refractivity contribution in [2.45, 2.75) is 64.1 Å². The van der Waals surface area contributed by atoms with Gasteiger partial charge in [0.1, 0.15) is 0 Å². The molecular weight excluding hydrogens is 236 g/mol. The molecule has 0 radical (unpaired) electrons. The van der Waals surface area contributed by atoms with Crippen molar-refractivity contribution >= 4 is 5.95 Å². The molecule has 0 spiro atoms. The van der Waals surface area contributed by atoms with E-state index in [1.54, 1.807) is 0 Å². The minimum atomic E-state index is 0.542. The number of hydrogen-bond donors (Lipinski definition) is 1. The number of imidazole rings is 1. The fourth-order valence-electron chi connectivity index (χ4n) is 3.68. The molecule has 1 aliphatic heterocycles. The van der Waals surface area contributed by atoms with Gasteiger partial charge in [0, 0.05) is 43.6 Å². The van der Waals surface area contributed by atoms with Crippen molar-refractivity contribution in [3.63, 3.8) is 0 Å². The zero-order valence-corrected chi connectivity index (χ0v) is 12.2. The lowest BCUT2D eigenvalue weighted by atomic mass is 9.95. The van der Waals surface area contributed by atoms with Crippen molar-refractivity contribution in [3.8, 4) is 0 Å². The number of nitrogens with zero attached hydrogens (tertiary/aromatic N) is 3. The van der Waals surface area contributed by atoms with E-state index in [9.17, 15) is 0 Å². The van der Waals surface area contributed by atoms with E-state index in [1.807, 2.05) is 6.20 Å². The fraction of sp³-hybridized carbons (Fsp3) is 0.800. The van der Waals surface area contributed by atoms with Gasteiger partial charge in [-0.15, -0.1) is 0 Å². The van der Waals surface area contributed by atoms with Gasteiger partial charge in [-0.05, 0) is 26.7 Å². The van der Waals surface area contributed by atoms with E-state index < -0.39 is 0 Å². The molecule has 0 bridgehead atoms. The van der Waals surface area contributed by atoms with Crippen molar-refractivity contribution in [2.24, 2.45) is 0 Å². The lowest BCUT2D eigenvalue weighted by Gasteiger charge is -2.38. The predicted molar refractivity (Wildman–Crippen MR) is 78.6 cm³/mol. The number of piperazine rings is 1. The maximum absolute atomic E-state index is 4.65. The first-order valence-electron chi connectivity index (χ1n) is 7.78. The van der Waals surface area contributed by atoms with Crippen molar-refractivity contribution in [1.29, 1.82) is 0 Å². The molecule has 1 aromatic heterocycles. The molecular formula is C15H26N4. The Hall–Kier alpha value is -1.03. The van der Waals surface area contributed by atoms with Crippen LogP contribution in [0.5, 0.6) is 0 Å². The molecule has 2 unspecified atom stereocenters. The van der Waals surface area contributed by atoms with Crippen LogP contribution in [0.25, 0.3) is 0 Å². The van der Waals surface area contributed by atoms with E-state index in [0.29, 0.717) is 18.1 Å². The Morgan fingerprint density at radius 3 is 2.47 bits per heavy atom. The summed E-state index contributed by atoms with van der Waals surface area (Å²) in [5, 5.41) is 3.59. The molecule has 4 heteroatoms. The van der Waals surface area contributed by atoms with Crippen LogP contribution in [0.3, 0.4) is 0 Å². The molecule has 3 rings (SSSR count). The molecule has 0 aromatic carbocycles. The van der Waals surface area contributed by atoms with Gasteiger partial charge in [-0.3, -0.25) is 0 Å². The summed E-state index contributed by atoms with van der Waals surface area (Å²) in [7, 11) is 0. The van der Waals surface area contributed by atoms with E-state index in [4.69, 9.17) is 0 Å². The number of hydrogen-bond acceptors (Lipinski definition) is 3. The number of aromatic nitrogens is 2. The number of anilines is 1. The topological polar surface area (TPSA) is 33.1 Å². The monoisotopic (exact) mass is 262 g/mol. The largest absolute Gasteiger partial charge is 0.339 e. The Morgan fingerprint density at radius 2 is 1.79 bits per heavy atom. The van der Waals surface area contributed by atoms with E-state index >= 15 is 0 Å². The zero-order valence-electron chi connectivity index (χ0n) is 12.2. The Balaban J connectivity index is 1.78. The Morgan fingerprint density at radius 1 is 1.11 bits per heavy atom. The summed E-state index contributed by atoms with van der Waals surface area (Å²) >= 11 is 0. The van der Waals surface area contributed by atoms with E-state index in [-0.39, 0.29) is 0 Å². The van der Waals surface area contributed by atoms with Gasteiger partial charge in [0.15, 0.2) is 0 Å². The van der Waals surface area contributed by atoms with Crippen LogP contribution in [-0.2, 0) is 0 Å². The average molecular weight is 262 g/mol. The minimum absolute atomic E-state index is 0.542. The van der Waals surface area contributed by atoms with Crippen molar-refractivity contribution in [1.82, 2.24) is 14.9 Å². The Kier molecular flexibility index (Phi) is 3.78. The van der Waals surface area contributed by atoms with Crippen LogP contribution in [0.15, 0.2) is 12.4 Å². The Bertz CT molecular complexity index is 398. The zero-order chi connectivity index (χ0) is 13.2. The molecule has 19 heavy (non-hydrogen) atoms. The summed E-state index contributed by atoms with van der Waals surface area (Å²) in [5.74, 6) is 1.19. The SMILES string of the molecule is CC1CN(c2nccn2C2CCCCC2)CC(C)N1. The molecule has 1 saturated heterocycles. The predicted octanol–water partition coefficient (Wildman–Crippen LogP) is 2.57. The van der Waals surface area contributed by atoms with Gasteiger partial charge >= 0.3 is 0 Å². The van der Waals surface area contributed by atoms with Gasteiger partial charge in [-0.1, -0.05) is 19.3 Å². The fourth-order valence-corrected chi connectivity index (χ4v) is 3.68. The van der Waals surface area contributed by atoms with Gasteiger partial charge in [0.2, 0.25) is 5.95 Å². The van der Waals surface area contributed by atoms with Crippen LogP contribution in [0, 0.1) is 0 Å². The Labute approximate surface area is 116 Å². The van der Waals surface area contributed by atoms with Crippen molar-refractivity contribution in [3.05, 3.63) is 12.4 Å². The molecule has 106 valence electrons. The lowest BCUT2D eigenvalue weighted by molar-refractivity contribution is 0.345. The van der Waals surface area contributed by atoms with Crippen LogP contribution in [0.4, 0.5) is 5.95 Å². The molecule has 2 fully saturated rings. The minimum Gasteiger partial charge on any atom is -0.339 e. The highest BCUT2D eigenvalue weighted by atomic mass is 15.3. The van der Waals surface area contributed by atoms with Gasteiger partial charge in [0.05, 0.1) is 0 Å². The van der Waals surface area contributed by atoms with E-state index in [2.05, 4.69) is 39.8 Å². The third kappa shape index (κ3) is 2.78. The van der Waals surface area contributed by atoms with Gasteiger partial charge in [0.25, 0.3) is 0 Å². The van der Waals surface area contributed by atoms with Gasteiger partial charge in [-0.2, -0.15) is 0 Å². The standard InChI is InChI=1S/C15H26N4/c1-12-10-18(11-13(2)17-12)15-16-8-9-19(15)14-6-4-3-5-7-14/h8-9,12-14,17H,3-7,10-11H2,1-2H3. The maximum atomic E-state index is 4.65. The molecule has 1 aromatic rings. The molecule has 4 nitrogen and oxygen atoms in total. The second-order valence-electron chi connectivity index (χ2n) is 6.30. The third-order valence-corrected chi connectivity index (χ3v) is 4.46. The van der Waals surface area contributed by atoms with Crippen LogP contribution in [-0.4, -0.2) is 34.7 Å². The highest BCUT2D eigenvalue weighted by molar-refractivity contribution is 5.34. The molecule has 0 amide bonds. The van der Waals surface area contributed by atoms with Crippen molar-refractivity contribution < 1.29 is 0 Å². The molecule has 1 N–H and O–H groups in total. The van der Waals surface area contributed by atoms with Gasteiger partial charge in [-0.25, -0.2) is 4.98 Å². The maximum Gasteiger partial charge on any atom is 0.205 e. The van der Waals surface area contributed by atoms with E-state index in [1.165, 1.54) is 38.1 Å². The second kappa shape index (κ2) is 5.53. The molecule has 1 aliphatic carbocycles. The number of rotatable bonds is 2. The van der Waals surface area contributed by atoms with Crippen LogP contribution < -0.4 is 10.2 Å². The summed E-state index contributed by atoms with van der Waals surface area (Å²) in [6.07, 6.45) is 10.9. The highest BCUT2D eigenvalue weighted by Crippen LogP contribution is 2.31. The summed E-state index contributed by atoms with van der Waals surface area (Å²) in [5.41, 5.74) is 0. The van der Waals surface area contributed by atoms with Crippen molar-refractivity contribution in [2.75, 3.05) is 18.0 Å². The number of nitrogens with one attached hydrogen (secondary N) is 1. The molecule has 2 aliphatic rings. The van der Waals surface area contributed by atoms with E-state index in [0.717, 1.165) is 13.1 Å². The smallest absolute Gasteiger partial charge is 0.205 e. The quantitative estimate of drug-likeness (QED) is 0.889. The summed E-state index contributed by atoms with van der Waals surface area (Å²) in [6.45, 7) is 6.65. The second-order valence-corrected chi connectivity index (χ2v) is 6.30. The first-order valence-corrected chi connectivity index (χ1v) is 7.78. The highest BCUT2D eigenvalue weighted by Gasteiger charge is 2.26. The van der Waals surface area contributed by atoms with Crippen LogP contribution >= 0.6 is 0 Å². The van der Waals surface area contributed by atoms with Crippen LogP contribution in [0.2, 0.25) is 0 Å². The van der Waals surface area contributed by atoms with Crippen LogP contribution in [0.1, 0.15) is 52.0 Å². The van der Waals surface area contributed by atoms with Gasteiger partial charge < -0.3 is 14.8 Å². The summed E-state index contributed by atoms with van der Waals surface area (Å²) < 4.78 is 2.43. The summed E-state index contributed by atoms with van der Waals surface area (Å²) in [6, 6.07) is 1.76. The molecule has 1 saturated carbocycles. The first-order chi connectivity index (χ1) is 9.24. The summed E-state index contributed by atoms with van der Waals surface area (Å²) in [4.78, 5) is 7.10. The lowest BCUT2D eigenvalue weighted by Crippen LogP contribution is -2.55. The molecule has 2 heterocycles.